The Morgan fingerprint density at radius 1 is 1.00 bits per heavy atom. The molecular weight excluding hydrogens is 288 g/mol. The van der Waals surface area contributed by atoms with E-state index in [1.165, 1.54) is 0 Å². The lowest BCUT2D eigenvalue weighted by atomic mass is 9.80. The fourth-order valence-electron chi connectivity index (χ4n) is 2.66. The number of para-hydroxylation sites is 1. The van der Waals surface area contributed by atoms with E-state index in [4.69, 9.17) is 0 Å². The van der Waals surface area contributed by atoms with Gasteiger partial charge in [0.15, 0.2) is 5.54 Å². The number of phenols is 1. The minimum absolute atomic E-state index is 0.0565. The van der Waals surface area contributed by atoms with Crippen molar-refractivity contribution >= 4 is 5.69 Å². The van der Waals surface area contributed by atoms with Gasteiger partial charge in [-0.3, -0.25) is 0 Å². The van der Waals surface area contributed by atoms with Crippen LogP contribution in [0.4, 0.5) is 5.69 Å². The Bertz CT molecular complexity index is 781. The minimum Gasteiger partial charge on any atom is -0.506 e. The van der Waals surface area contributed by atoms with E-state index in [0.29, 0.717) is 5.69 Å². The zero-order valence-corrected chi connectivity index (χ0v) is 12.8. The van der Waals surface area contributed by atoms with Crippen LogP contribution < -0.4 is 0 Å². The van der Waals surface area contributed by atoms with Crippen molar-refractivity contribution in [2.45, 2.75) is 18.6 Å². The smallest absolute Gasteiger partial charge is 0.155 e. The van der Waals surface area contributed by atoms with Crippen molar-refractivity contribution < 1.29 is 10.2 Å². The van der Waals surface area contributed by atoms with Gasteiger partial charge in [-0.2, -0.15) is 10.2 Å². The molecule has 0 heterocycles. The molecule has 3 rings (SSSR count). The van der Waals surface area contributed by atoms with Crippen molar-refractivity contribution in [3.8, 4) is 5.75 Å². The van der Waals surface area contributed by atoms with E-state index in [9.17, 15) is 10.2 Å². The van der Waals surface area contributed by atoms with Gasteiger partial charge >= 0.3 is 0 Å². The average molecular weight is 306 g/mol. The van der Waals surface area contributed by atoms with Crippen LogP contribution in [0.25, 0.3) is 0 Å². The number of rotatable bonds is 3. The van der Waals surface area contributed by atoms with E-state index in [1.807, 2.05) is 49.4 Å². The molecular formula is C19H18N2O2. The van der Waals surface area contributed by atoms with Crippen molar-refractivity contribution in [2.24, 2.45) is 10.2 Å². The van der Waals surface area contributed by atoms with Crippen molar-refractivity contribution in [3.05, 3.63) is 84.0 Å². The van der Waals surface area contributed by atoms with Gasteiger partial charge in [0.2, 0.25) is 0 Å². The summed E-state index contributed by atoms with van der Waals surface area (Å²) in [5.74, 6) is 0.0565. The SMILES string of the molecule is CC1=CC(N=Nc2ccccc2O)(c2ccccc2)C(O)C=C1. The number of azo groups is 1. The second kappa shape index (κ2) is 6.18. The Hall–Kier alpha value is -2.72. The molecule has 2 atom stereocenters. The summed E-state index contributed by atoms with van der Waals surface area (Å²) in [6.45, 7) is 1.95. The molecule has 0 aromatic heterocycles. The standard InChI is InChI=1S/C19H18N2O2/c1-14-11-12-18(23)19(13-14,15-7-3-2-4-8-15)21-20-16-9-5-6-10-17(16)22/h2-13,18,22-23H,1H3. The van der Waals surface area contributed by atoms with Gasteiger partial charge in [0, 0.05) is 0 Å². The van der Waals surface area contributed by atoms with E-state index in [2.05, 4.69) is 10.2 Å². The molecule has 0 amide bonds. The number of aromatic hydroxyl groups is 1. The summed E-state index contributed by atoms with van der Waals surface area (Å²) in [4.78, 5) is 0. The molecule has 0 fully saturated rings. The van der Waals surface area contributed by atoms with Gasteiger partial charge in [-0.25, -0.2) is 0 Å². The maximum Gasteiger partial charge on any atom is 0.155 e. The second-order valence-corrected chi connectivity index (χ2v) is 5.57. The zero-order valence-electron chi connectivity index (χ0n) is 12.8. The van der Waals surface area contributed by atoms with E-state index >= 15 is 0 Å². The number of nitrogens with zero attached hydrogens (tertiary/aromatic N) is 2. The Balaban J connectivity index is 2.11. The highest BCUT2D eigenvalue weighted by Gasteiger charge is 2.38. The number of allylic oxidation sites excluding steroid dienone is 2. The number of benzene rings is 2. The lowest BCUT2D eigenvalue weighted by Gasteiger charge is -2.32. The largest absolute Gasteiger partial charge is 0.506 e. The molecule has 2 aromatic rings. The van der Waals surface area contributed by atoms with Gasteiger partial charge in [-0.05, 0) is 30.7 Å². The number of hydrogen-bond acceptors (Lipinski definition) is 4. The summed E-state index contributed by atoms with van der Waals surface area (Å²) in [7, 11) is 0. The van der Waals surface area contributed by atoms with Crippen molar-refractivity contribution in [3.63, 3.8) is 0 Å². The molecule has 4 nitrogen and oxygen atoms in total. The van der Waals surface area contributed by atoms with E-state index in [0.717, 1.165) is 11.1 Å². The van der Waals surface area contributed by atoms with Crippen LogP contribution in [-0.2, 0) is 5.54 Å². The topological polar surface area (TPSA) is 65.2 Å². The van der Waals surface area contributed by atoms with E-state index in [1.54, 1.807) is 30.3 Å². The quantitative estimate of drug-likeness (QED) is 0.833. The Labute approximate surface area is 135 Å². The molecule has 0 radical (unpaired) electrons. The highest BCUT2D eigenvalue weighted by atomic mass is 16.3. The lowest BCUT2D eigenvalue weighted by Crippen LogP contribution is -2.36. The van der Waals surface area contributed by atoms with Gasteiger partial charge < -0.3 is 10.2 Å². The average Bonchev–Trinajstić information content (AvgIpc) is 2.58. The van der Waals surface area contributed by atoms with E-state index in [-0.39, 0.29) is 5.75 Å². The van der Waals surface area contributed by atoms with Crippen LogP contribution in [0.15, 0.2) is 88.6 Å². The van der Waals surface area contributed by atoms with Crippen LogP contribution in [0.1, 0.15) is 12.5 Å². The van der Waals surface area contributed by atoms with Crippen LogP contribution >= 0.6 is 0 Å². The minimum atomic E-state index is -0.998. The molecule has 2 unspecified atom stereocenters. The van der Waals surface area contributed by atoms with Gasteiger partial charge in [0.1, 0.15) is 17.5 Å². The highest BCUT2D eigenvalue weighted by Crippen LogP contribution is 2.38. The third-order valence-corrected chi connectivity index (χ3v) is 3.88. The summed E-state index contributed by atoms with van der Waals surface area (Å²) >= 11 is 0. The first-order valence-electron chi connectivity index (χ1n) is 7.44. The Kier molecular flexibility index (Phi) is 4.08. The third kappa shape index (κ3) is 2.94. The molecule has 1 aliphatic rings. The molecule has 1 aliphatic carbocycles. The number of aliphatic hydroxyl groups excluding tert-OH is 1. The lowest BCUT2D eigenvalue weighted by molar-refractivity contribution is 0.148. The monoisotopic (exact) mass is 306 g/mol. The summed E-state index contributed by atoms with van der Waals surface area (Å²) < 4.78 is 0. The fraction of sp³-hybridized carbons (Fsp3) is 0.158. The number of aliphatic hydroxyl groups is 1. The molecule has 4 heteroatoms. The summed E-state index contributed by atoms with van der Waals surface area (Å²) in [5, 5.41) is 29.1. The summed E-state index contributed by atoms with van der Waals surface area (Å²) in [6.07, 6.45) is 4.65. The summed E-state index contributed by atoms with van der Waals surface area (Å²) in [6, 6.07) is 16.3. The summed E-state index contributed by atoms with van der Waals surface area (Å²) in [5.41, 5.74) is 1.21. The fourth-order valence-corrected chi connectivity index (χ4v) is 2.66. The van der Waals surface area contributed by atoms with Gasteiger partial charge in [-0.1, -0.05) is 60.2 Å². The maximum atomic E-state index is 10.6. The predicted octanol–water partition coefficient (Wildman–Crippen LogP) is 4.25. The predicted molar refractivity (Wildman–Crippen MR) is 89.6 cm³/mol. The molecule has 23 heavy (non-hydrogen) atoms. The first-order chi connectivity index (χ1) is 11.1. The molecule has 0 saturated heterocycles. The molecule has 0 aliphatic heterocycles. The van der Waals surface area contributed by atoms with Gasteiger partial charge in [-0.15, -0.1) is 0 Å². The zero-order chi connectivity index (χ0) is 16.3. The van der Waals surface area contributed by atoms with Crippen molar-refractivity contribution in [1.29, 1.82) is 0 Å². The molecule has 116 valence electrons. The maximum absolute atomic E-state index is 10.6. The van der Waals surface area contributed by atoms with Crippen LogP contribution in [0.2, 0.25) is 0 Å². The van der Waals surface area contributed by atoms with Crippen LogP contribution in [0.5, 0.6) is 5.75 Å². The van der Waals surface area contributed by atoms with Crippen molar-refractivity contribution in [2.75, 3.05) is 0 Å². The highest BCUT2D eigenvalue weighted by molar-refractivity contribution is 5.50. The number of hydrogen-bond donors (Lipinski definition) is 2. The Morgan fingerprint density at radius 3 is 2.43 bits per heavy atom. The number of phenolic OH excluding ortho intramolecular Hbond substituents is 1. The molecule has 0 saturated carbocycles. The third-order valence-electron chi connectivity index (χ3n) is 3.88. The van der Waals surface area contributed by atoms with Crippen LogP contribution in [0.3, 0.4) is 0 Å². The van der Waals surface area contributed by atoms with E-state index < -0.39 is 11.6 Å². The van der Waals surface area contributed by atoms with Crippen LogP contribution in [-0.4, -0.2) is 16.3 Å². The van der Waals surface area contributed by atoms with Gasteiger partial charge in [0.05, 0.1) is 0 Å². The normalized spacial score (nSPS) is 23.9. The molecule has 0 bridgehead atoms. The van der Waals surface area contributed by atoms with Gasteiger partial charge in [0.25, 0.3) is 0 Å². The first kappa shape index (κ1) is 15.2. The molecule has 0 spiro atoms. The van der Waals surface area contributed by atoms with Crippen LogP contribution in [0, 0.1) is 0 Å². The molecule has 2 N–H and O–H groups in total. The molecule has 2 aromatic carbocycles. The van der Waals surface area contributed by atoms with Crippen molar-refractivity contribution in [1.82, 2.24) is 0 Å². The Morgan fingerprint density at radius 2 is 1.70 bits per heavy atom. The first-order valence-corrected chi connectivity index (χ1v) is 7.44. The second-order valence-electron chi connectivity index (χ2n) is 5.57.